The fourth-order valence-electron chi connectivity index (χ4n) is 3.03. The Morgan fingerprint density at radius 1 is 1.09 bits per heavy atom. The van der Waals surface area contributed by atoms with Crippen LogP contribution in [-0.4, -0.2) is 45.2 Å². The molecule has 0 fully saturated rings. The highest BCUT2D eigenvalue weighted by Crippen LogP contribution is 2.30. The third-order valence-electron chi connectivity index (χ3n) is 4.57. The predicted octanol–water partition coefficient (Wildman–Crippen LogP) is -0.405. The number of nitrogens with one attached hydrogen (secondary N) is 1. The van der Waals surface area contributed by atoms with Gasteiger partial charge in [0.05, 0.1) is 19.1 Å². The third kappa shape index (κ3) is 5.65. The number of sulfonamides is 1. The van der Waals surface area contributed by atoms with Crippen LogP contribution in [0.1, 0.15) is 18.7 Å². The molecule has 0 aliphatic heterocycles. The van der Waals surface area contributed by atoms with Gasteiger partial charge in [0.15, 0.2) is 23.6 Å². The lowest BCUT2D eigenvalue weighted by atomic mass is 10.1. The molecule has 0 saturated heterocycles. The average Bonchev–Trinajstić information content (AvgIpc) is 2.75. The van der Waals surface area contributed by atoms with Crippen LogP contribution in [-0.2, 0) is 19.7 Å². The van der Waals surface area contributed by atoms with Crippen molar-refractivity contribution < 1.29 is 27.5 Å². The van der Waals surface area contributed by atoms with E-state index in [-0.39, 0.29) is 16.3 Å². The number of primary amides is 1. The van der Waals surface area contributed by atoms with E-state index in [1.54, 1.807) is 0 Å². The van der Waals surface area contributed by atoms with Gasteiger partial charge in [-0.1, -0.05) is 0 Å². The number of carbonyl (C=O) groups is 1. The third-order valence-corrected chi connectivity index (χ3v) is 5.93. The van der Waals surface area contributed by atoms with Crippen LogP contribution in [0.25, 0.3) is 0 Å². The standard InChI is InChI=1S/C19H26N6O7S/c1-10-5-7-13(18(27)25(10)16(17(20)26)11(2)32-23-19(21)22)24-33(28,29)12-6-8-14(30-3)15(9-12)31-4/h5-9,11,16,24H,1-4H3,(H2,20,26)(H4,21,22,23). The molecule has 2 rings (SSSR count). The molecular weight excluding hydrogens is 456 g/mol. The minimum Gasteiger partial charge on any atom is -0.493 e. The molecule has 180 valence electrons. The number of benzene rings is 1. The van der Waals surface area contributed by atoms with Gasteiger partial charge < -0.3 is 31.5 Å². The van der Waals surface area contributed by atoms with Crippen molar-refractivity contribution >= 4 is 27.6 Å². The topological polar surface area (TPSA) is 203 Å². The minimum absolute atomic E-state index is 0.178. The molecule has 0 bridgehead atoms. The molecule has 13 nitrogen and oxygen atoms in total. The average molecular weight is 483 g/mol. The fraction of sp³-hybridized carbons (Fsp3) is 0.316. The number of hydrogen-bond donors (Lipinski definition) is 4. The molecule has 33 heavy (non-hydrogen) atoms. The normalized spacial score (nSPS) is 12.8. The van der Waals surface area contributed by atoms with Crippen LogP contribution < -0.4 is 37.0 Å². The summed E-state index contributed by atoms with van der Waals surface area (Å²) in [6.45, 7) is 2.96. The molecule has 1 amide bonds. The second-order valence-corrected chi connectivity index (χ2v) is 8.54. The summed E-state index contributed by atoms with van der Waals surface area (Å²) in [7, 11) is -1.45. The molecule has 2 unspecified atom stereocenters. The van der Waals surface area contributed by atoms with Gasteiger partial charge in [-0.3, -0.25) is 18.9 Å². The Kier molecular flexibility index (Phi) is 7.76. The summed E-state index contributed by atoms with van der Waals surface area (Å²) < 4.78 is 39.3. The maximum Gasteiger partial charge on any atom is 0.275 e. The van der Waals surface area contributed by atoms with E-state index in [1.807, 2.05) is 0 Å². The van der Waals surface area contributed by atoms with Crippen molar-refractivity contribution in [1.29, 1.82) is 0 Å². The van der Waals surface area contributed by atoms with Gasteiger partial charge >= 0.3 is 0 Å². The number of carbonyl (C=O) groups excluding carboxylic acids is 1. The van der Waals surface area contributed by atoms with E-state index < -0.39 is 39.6 Å². The number of nitrogens with zero attached hydrogens (tertiary/aromatic N) is 2. The molecule has 0 aliphatic rings. The van der Waals surface area contributed by atoms with E-state index in [0.717, 1.165) is 4.57 Å². The number of oxime groups is 1. The molecule has 2 aromatic rings. The van der Waals surface area contributed by atoms with Crippen LogP contribution in [0.5, 0.6) is 11.5 Å². The summed E-state index contributed by atoms with van der Waals surface area (Å²) in [6, 6.07) is 5.31. The van der Waals surface area contributed by atoms with Crippen molar-refractivity contribution in [3.05, 3.63) is 46.4 Å². The molecule has 0 aliphatic carbocycles. The van der Waals surface area contributed by atoms with Gasteiger partial charge in [0.2, 0.25) is 11.9 Å². The zero-order valence-corrected chi connectivity index (χ0v) is 19.3. The van der Waals surface area contributed by atoms with Crippen LogP contribution >= 0.6 is 0 Å². The lowest BCUT2D eigenvalue weighted by Gasteiger charge is -2.24. The van der Waals surface area contributed by atoms with Gasteiger partial charge in [-0.05, 0) is 43.3 Å². The number of anilines is 1. The van der Waals surface area contributed by atoms with Crippen molar-refractivity contribution in [2.45, 2.75) is 30.9 Å². The van der Waals surface area contributed by atoms with E-state index in [0.29, 0.717) is 11.4 Å². The summed E-state index contributed by atoms with van der Waals surface area (Å²) in [5.74, 6) is -0.807. The van der Waals surface area contributed by atoms with Crippen LogP contribution in [0.3, 0.4) is 0 Å². The highest BCUT2D eigenvalue weighted by atomic mass is 32.2. The zero-order valence-electron chi connectivity index (χ0n) is 18.4. The van der Waals surface area contributed by atoms with Crippen molar-refractivity contribution in [3.8, 4) is 11.5 Å². The van der Waals surface area contributed by atoms with E-state index in [4.69, 9.17) is 31.5 Å². The number of methoxy groups -OCH3 is 2. The number of guanidine groups is 1. The summed E-state index contributed by atoms with van der Waals surface area (Å²) in [5, 5.41) is 3.38. The smallest absolute Gasteiger partial charge is 0.275 e. The summed E-state index contributed by atoms with van der Waals surface area (Å²) in [6.07, 6.45) is -1.06. The largest absolute Gasteiger partial charge is 0.493 e. The Labute approximate surface area is 190 Å². The van der Waals surface area contributed by atoms with E-state index in [2.05, 4.69) is 9.88 Å². The predicted molar refractivity (Wildman–Crippen MR) is 120 cm³/mol. The first-order valence-electron chi connectivity index (χ1n) is 9.44. The number of amides is 1. The molecule has 7 N–H and O–H groups in total. The first-order chi connectivity index (χ1) is 15.4. The lowest BCUT2D eigenvalue weighted by molar-refractivity contribution is -0.125. The first-order valence-corrected chi connectivity index (χ1v) is 10.9. The Morgan fingerprint density at radius 2 is 1.73 bits per heavy atom. The van der Waals surface area contributed by atoms with Crippen LogP contribution in [0.15, 0.2) is 45.2 Å². The van der Waals surface area contributed by atoms with Crippen LogP contribution in [0, 0.1) is 6.92 Å². The second kappa shape index (κ2) is 10.1. The monoisotopic (exact) mass is 482 g/mol. The van der Waals surface area contributed by atoms with Gasteiger partial charge in [-0.15, -0.1) is 0 Å². The van der Waals surface area contributed by atoms with Gasteiger partial charge in [-0.2, -0.15) is 0 Å². The number of ether oxygens (including phenoxy) is 2. The van der Waals surface area contributed by atoms with E-state index in [9.17, 15) is 18.0 Å². The quantitative estimate of drug-likeness (QED) is 0.197. The summed E-state index contributed by atoms with van der Waals surface area (Å²) in [5.41, 5.74) is 15.1. The molecule has 1 aromatic heterocycles. The Bertz CT molecular complexity index is 1220. The SMILES string of the molecule is COc1ccc(S(=O)(=O)Nc2ccc(C)n(C(C(N)=O)C(C)ON=C(N)N)c2=O)cc1OC. The minimum atomic E-state index is -4.21. The number of rotatable bonds is 10. The maximum atomic E-state index is 13.2. The fourth-order valence-corrected chi connectivity index (χ4v) is 4.10. The van der Waals surface area contributed by atoms with Crippen LogP contribution in [0.2, 0.25) is 0 Å². The maximum absolute atomic E-state index is 13.2. The summed E-state index contributed by atoms with van der Waals surface area (Å²) in [4.78, 5) is 30.2. The van der Waals surface area contributed by atoms with Crippen molar-refractivity contribution in [1.82, 2.24) is 4.57 Å². The Hall–Kier alpha value is -3.94. The van der Waals surface area contributed by atoms with Crippen molar-refractivity contribution in [2.24, 2.45) is 22.4 Å². The molecule has 0 radical (unpaired) electrons. The first kappa shape index (κ1) is 25.3. The van der Waals surface area contributed by atoms with Gasteiger partial charge in [0.25, 0.3) is 15.6 Å². The van der Waals surface area contributed by atoms with E-state index >= 15 is 0 Å². The highest BCUT2D eigenvalue weighted by molar-refractivity contribution is 7.92. The highest BCUT2D eigenvalue weighted by Gasteiger charge is 2.30. The number of aromatic nitrogens is 1. The molecule has 1 heterocycles. The Balaban J connectivity index is 2.52. The zero-order chi connectivity index (χ0) is 24.9. The van der Waals surface area contributed by atoms with Gasteiger partial charge in [-0.25, -0.2) is 8.42 Å². The molecule has 1 aromatic carbocycles. The number of pyridine rings is 1. The molecular formula is C19H26N6O7S. The molecule has 0 saturated carbocycles. The number of aryl methyl sites for hydroxylation is 1. The Morgan fingerprint density at radius 3 is 2.27 bits per heavy atom. The number of hydrogen-bond acceptors (Lipinski definition) is 8. The van der Waals surface area contributed by atoms with Crippen molar-refractivity contribution in [3.63, 3.8) is 0 Å². The van der Waals surface area contributed by atoms with E-state index in [1.165, 1.54) is 58.4 Å². The lowest BCUT2D eigenvalue weighted by Crippen LogP contribution is -2.42. The van der Waals surface area contributed by atoms with Crippen molar-refractivity contribution in [2.75, 3.05) is 18.9 Å². The van der Waals surface area contributed by atoms with Crippen LogP contribution in [0.4, 0.5) is 5.69 Å². The molecule has 14 heteroatoms. The van der Waals surface area contributed by atoms with Gasteiger partial charge in [0.1, 0.15) is 5.69 Å². The van der Waals surface area contributed by atoms with Gasteiger partial charge in [0, 0.05) is 11.8 Å². The molecule has 0 spiro atoms. The number of nitrogens with two attached hydrogens (primary N) is 3. The second-order valence-electron chi connectivity index (χ2n) is 6.86. The molecule has 2 atom stereocenters. The summed E-state index contributed by atoms with van der Waals surface area (Å²) >= 11 is 0.